The third-order valence-corrected chi connectivity index (χ3v) is 3.00. The molecule has 1 aliphatic carbocycles. The maximum atomic E-state index is 4.17. The second-order valence-corrected chi connectivity index (χ2v) is 4.29. The SMILES string of the molecule is CC(NCCC1CC1)c1ccnn1C. The van der Waals surface area contributed by atoms with E-state index in [9.17, 15) is 0 Å². The number of rotatable bonds is 5. The fraction of sp³-hybridized carbons (Fsp3) is 0.727. The summed E-state index contributed by atoms with van der Waals surface area (Å²) in [5.41, 5.74) is 1.26. The molecule has 1 N–H and O–H groups in total. The molecule has 0 aliphatic heterocycles. The lowest BCUT2D eigenvalue weighted by atomic mass is 10.2. The highest BCUT2D eigenvalue weighted by molar-refractivity contribution is 5.05. The summed E-state index contributed by atoms with van der Waals surface area (Å²) in [5.74, 6) is 1.02. The Morgan fingerprint density at radius 3 is 3.00 bits per heavy atom. The van der Waals surface area contributed by atoms with Gasteiger partial charge < -0.3 is 5.32 Å². The van der Waals surface area contributed by atoms with Gasteiger partial charge in [0.15, 0.2) is 0 Å². The average molecular weight is 193 g/mol. The predicted octanol–water partition coefficient (Wildman–Crippen LogP) is 1.87. The normalized spacial score (nSPS) is 18.4. The van der Waals surface area contributed by atoms with Crippen LogP contribution in [0.3, 0.4) is 0 Å². The van der Waals surface area contributed by atoms with E-state index in [1.54, 1.807) is 0 Å². The third-order valence-electron chi connectivity index (χ3n) is 3.00. The van der Waals surface area contributed by atoms with Crippen LogP contribution in [0.1, 0.15) is 37.9 Å². The smallest absolute Gasteiger partial charge is 0.0547 e. The Balaban J connectivity index is 1.76. The van der Waals surface area contributed by atoms with Gasteiger partial charge in [-0.1, -0.05) is 12.8 Å². The van der Waals surface area contributed by atoms with Crippen molar-refractivity contribution < 1.29 is 0 Å². The zero-order chi connectivity index (χ0) is 9.97. The van der Waals surface area contributed by atoms with Crippen molar-refractivity contribution in [3.05, 3.63) is 18.0 Å². The summed E-state index contributed by atoms with van der Waals surface area (Å²) in [7, 11) is 1.99. The molecular weight excluding hydrogens is 174 g/mol. The molecule has 78 valence electrons. The van der Waals surface area contributed by atoms with E-state index in [0.29, 0.717) is 6.04 Å². The van der Waals surface area contributed by atoms with Gasteiger partial charge in [-0.15, -0.1) is 0 Å². The zero-order valence-corrected chi connectivity index (χ0v) is 9.03. The van der Waals surface area contributed by atoms with Crippen LogP contribution < -0.4 is 5.32 Å². The Kier molecular flexibility index (Phi) is 2.87. The Morgan fingerprint density at radius 1 is 1.64 bits per heavy atom. The Hall–Kier alpha value is -0.830. The van der Waals surface area contributed by atoms with Gasteiger partial charge in [0.05, 0.1) is 5.69 Å². The highest BCUT2D eigenvalue weighted by Crippen LogP contribution is 2.31. The topological polar surface area (TPSA) is 29.9 Å². The van der Waals surface area contributed by atoms with Gasteiger partial charge in [-0.2, -0.15) is 5.10 Å². The number of nitrogens with zero attached hydrogens (tertiary/aromatic N) is 2. The molecule has 1 unspecified atom stereocenters. The molecule has 0 aromatic carbocycles. The van der Waals surface area contributed by atoms with E-state index in [1.165, 1.54) is 25.0 Å². The van der Waals surface area contributed by atoms with Gasteiger partial charge in [0.1, 0.15) is 0 Å². The summed E-state index contributed by atoms with van der Waals surface area (Å²) in [5, 5.41) is 7.71. The number of nitrogens with one attached hydrogen (secondary N) is 1. The molecule has 1 fully saturated rings. The summed E-state index contributed by atoms with van der Waals surface area (Å²) in [6.07, 6.45) is 6.08. The molecule has 3 nitrogen and oxygen atoms in total. The first-order valence-electron chi connectivity index (χ1n) is 5.48. The first-order valence-corrected chi connectivity index (χ1v) is 5.48. The van der Waals surface area contributed by atoms with Crippen molar-refractivity contribution in [3.63, 3.8) is 0 Å². The number of aromatic nitrogens is 2. The van der Waals surface area contributed by atoms with Crippen LogP contribution >= 0.6 is 0 Å². The highest BCUT2D eigenvalue weighted by atomic mass is 15.3. The minimum absolute atomic E-state index is 0.418. The maximum Gasteiger partial charge on any atom is 0.0547 e. The Bertz CT molecular complexity index is 288. The van der Waals surface area contributed by atoms with E-state index in [4.69, 9.17) is 0 Å². The summed E-state index contributed by atoms with van der Waals surface area (Å²) in [4.78, 5) is 0. The molecule has 1 aliphatic rings. The minimum Gasteiger partial charge on any atom is -0.309 e. The number of hydrogen-bond acceptors (Lipinski definition) is 2. The van der Waals surface area contributed by atoms with Gasteiger partial charge in [0.25, 0.3) is 0 Å². The van der Waals surface area contributed by atoms with E-state index in [-0.39, 0.29) is 0 Å². The molecule has 0 radical (unpaired) electrons. The molecule has 0 bridgehead atoms. The standard InChI is InChI=1S/C11H19N3/c1-9(11-6-8-13-14(11)2)12-7-5-10-3-4-10/h6,8-10,12H,3-5,7H2,1-2H3. The van der Waals surface area contributed by atoms with Gasteiger partial charge in [-0.3, -0.25) is 4.68 Å². The van der Waals surface area contributed by atoms with E-state index in [1.807, 2.05) is 17.9 Å². The van der Waals surface area contributed by atoms with Crippen LogP contribution in [0.15, 0.2) is 12.3 Å². The Labute approximate surface area is 85.5 Å². The van der Waals surface area contributed by atoms with Crippen molar-refractivity contribution >= 4 is 0 Å². The molecule has 1 aromatic heterocycles. The van der Waals surface area contributed by atoms with Crippen molar-refractivity contribution in [3.8, 4) is 0 Å². The summed E-state index contributed by atoms with van der Waals surface area (Å²) >= 11 is 0. The largest absolute Gasteiger partial charge is 0.309 e. The second kappa shape index (κ2) is 4.13. The Morgan fingerprint density at radius 2 is 2.43 bits per heavy atom. The van der Waals surface area contributed by atoms with Gasteiger partial charge in [0, 0.05) is 19.3 Å². The van der Waals surface area contributed by atoms with Crippen molar-refractivity contribution in [1.82, 2.24) is 15.1 Å². The lowest BCUT2D eigenvalue weighted by Gasteiger charge is -2.13. The zero-order valence-electron chi connectivity index (χ0n) is 9.03. The summed E-state index contributed by atoms with van der Waals surface area (Å²) in [6.45, 7) is 3.33. The van der Waals surface area contributed by atoms with Gasteiger partial charge in [0.2, 0.25) is 0 Å². The van der Waals surface area contributed by atoms with Gasteiger partial charge >= 0.3 is 0 Å². The van der Waals surface area contributed by atoms with Gasteiger partial charge in [-0.25, -0.2) is 0 Å². The summed E-state index contributed by atoms with van der Waals surface area (Å²) in [6, 6.07) is 2.50. The van der Waals surface area contributed by atoms with Crippen LogP contribution in [-0.4, -0.2) is 16.3 Å². The number of hydrogen-bond donors (Lipinski definition) is 1. The molecule has 14 heavy (non-hydrogen) atoms. The van der Waals surface area contributed by atoms with Crippen molar-refractivity contribution in [2.24, 2.45) is 13.0 Å². The van der Waals surface area contributed by atoms with Crippen molar-refractivity contribution in [2.45, 2.75) is 32.2 Å². The van der Waals surface area contributed by atoms with Crippen molar-refractivity contribution in [1.29, 1.82) is 0 Å². The predicted molar refractivity (Wildman–Crippen MR) is 57.0 cm³/mol. The van der Waals surface area contributed by atoms with Gasteiger partial charge in [-0.05, 0) is 31.9 Å². The average Bonchev–Trinajstić information content (AvgIpc) is 2.87. The molecular formula is C11H19N3. The molecule has 1 atom stereocenters. The monoisotopic (exact) mass is 193 g/mol. The molecule has 1 aromatic rings. The van der Waals surface area contributed by atoms with Crippen LogP contribution in [0.4, 0.5) is 0 Å². The third kappa shape index (κ3) is 2.35. The van der Waals surface area contributed by atoms with Crippen LogP contribution in [0.25, 0.3) is 0 Å². The molecule has 1 heterocycles. The lowest BCUT2D eigenvalue weighted by Crippen LogP contribution is -2.22. The molecule has 0 saturated heterocycles. The first kappa shape index (κ1) is 9.71. The fourth-order valence-corrected chi connectivity index (χ4v) is 1.82. The molecule has 0 amide bonds. The minimum atomic E-state index is 0.418. The molecule has 0 spiro atoms. The maximum absolute atomic E-state index is 4.17. The van der Waals surface area contributed by atoms with Crippen LogP contribution in [0, 0.1) is 5.92 Å². The quantitative estimate of drug-likeness (QED) is 0.773. The van der Waals surface area contributed by atoms with Crippen molar-refractivity contribution in [2.75, 3.05) is 6.54 Å². The van der Waals surface area contributed by atoms with E-state index in [2.05, 4.69) is 23.4 Å². The number of aryl methyl sites for hydroxylation is 1. The van der Waals surface area contributed by atoms with E-state index >= 15 is 0 Å². The van der Waals surface area contributed by atoms with E-state index in [0.717, 1.165) is 12.5 Å². The van der Waals surface area contributed by atoms with Crippen LogP contribution in [0.5, 0.6) is 0 Å². The molecule has 3 heteroatoms. The summed E-state index contributed by atoms with van der Waals surface area (Å²) < 4.78 is 1.94. The highest BCUT2D eigenvalue weighted by Gasteiger charge is 2.20. The second-order valence-electron chi connectivity index (χ2n) is 4.29. The van der Waals surface area contributed by atoms with Crippen LogP contribution in [0.2, 0.25) is 0 Å². The molecule has 2 rings (SSSR count). The van der Waals surface area contributed by atoms with E-state index < -0.39 is 0 Å². The fourth-order valence-electron chi connectivity index (χ4n) is 1.82. The van der Waals surface area contributed by atoms with Crippen LogP contribution in [-0.2, 0) is 7.05 Å². The first-order chi connectivity index (χ1) is 6.77. The molecule has 1 saturated carbocycles. The lowest BCUT2D eigenvalue weighted by molar-refractivity contribution is 0.509.